The number of hydrogen-bond donors (Lipinski definition) is 0. The molecule has 0 atom stereocenters. The molecule has 1 aromatic carbocycles. The van der Waals surface area contributed by atoms with E-state index in [-0.39, 0.29) is 5.91 Å². The maximum absolute atomic E-state index is 11.5. The fourth-order valence-corrected chi connectivity index (χ4v) is 1.58. The molecule has 0 aliphatic rings. The SMILES string of the molecule is C=CC(=O)n1cc(C=O)c2ccccc21. The molecule has 0 saturated carbocycles. The van der Waals surface area contributed by atoms with Crippen LogP contribution in [0.2, 0.25) is 0 Å². The van der Waals surface area contributed by atoms with Crippen LogP contribution in [0.3, 0.4) is 0 Å². The lowest BCUT2D eigenvalue weighted by Crippen LogP contribution is -2.04. The van der Waals surface area contributed by atoms with Gasteiger partial charge in [0.25, 0.3) is 5.91 Å². The zero-order valence-electron chi connectivity index (χ0n) is 8.01. The van der Waals surface area contributed by atoms with Crippen LogP contribution in [0.4, 0.5) is 0 Å². The van der Waals surface area contributed by atoms with Gasteiger partial charge in [-0.05, 0) is 12.1 Å². The molecule has 1 heterocycles. The van der Waals surface area contributed by atoms with E-state index >= 15 is 0 Å². The number of fused-ring (bicyclic) bond motifs is 1. The number of para-hydroxylation sites is 1. The maximum Gasteiger partial charge on any atom is 0.254 e. The third kappa shape index (κ3) is 1.38. The van der Waals surface area contributed by atoms with Crippen molar-refractivity contribution in [1.82, 2.24) is 4.57 Å². The van der Waals surface area contributed by atoms with Crippen molar-refractivity contribution >= 4 is 23.1 Å². The molecule has 0 unspecified atom stereocenters. The van der Waals surface area contributed by atoms with Crippen molar-refractivity contribution in [3.05, 3.63) is 48.7 Å². The Hall–Kier alpha value is -2.16. The van der Waals surface area contributed by atoms with E-state index in [1.54, 1.807) is 6.07 Å². The van der Waals surface area contributed by atoms with Gasteiger partial charge in [0, 0.05) is 17.1 Å². The third-order valence-corrected chi connectivity index (χ3v) is 2.28. The molecule has 74 valence electrons. The minimum absolute atomic E-state index is 0.237. The number of benzene rings is 1. The van der Waals surface area contributed by atoms with Crippen molar-refractivity contribution in [3.8, 4) is 0 Å². The van der Waals surface area contributed by atoms with Crippen molar-refractivity contribution in [2.45, 2.75) is 0 Å². The zero-order chi connectivity index (χ0) is 10.8. The number of carbonyl (C=O) groups excluding carboxylic acids is 2. The monoisotopic (exact) mass is 199 g/mol. The molecule has 1 aromatic heterocycles. The minimum Gasteiger partial charge on any atom is -0.298 e. The highest BCUT2D eigenvalue weighted by molar-refractivity contribution is 6.04. The topological polar surface area (TPSA) is 39.1 Å². The first-order valence-corrected chi connectivity index (χ1v) is 4.50. The third-order valence-electron chi connectivity index (χ3n) is 2.28. The van der Waals surface area contributed by atoms with Gasteiger partial charge in [0.15, 0.2) is 6.29 Å². The van der Waals surface area contributed by atoms with Crippen molar-refractivity contribution in [3.63, 3.8) is 0 Å². The average molecular weight is 199 g/mol. The van der Waals surface area contributed by atoms with E-state index in [1.807, 2.05) is 18.2 Å². The van der Waals surface area contributed by atoms with Gasteiger partial charge >= 0.3 is 0 Å². The molecule has 0 bridgehead atoms. The number of hydrogen-bond acceptors (Lipinski definition) is 2. The lowest BCUT2D eigenvalue weighted by molar-refractivity contribution is 0.0974. The summed E-state index contributed by atoms with van der Waals surface area (Å²) >= 11 is 0. The fourth-order valence-electron chi connectivity index (χ4n) is 1.58. The summed E-state index contributed by atoms with van der Waals surface area (Å²) in [6.07, 6.45) is 3.50. The summed E-state index contributed by atoms with van der Waals surface area (Å²) in [5.41, 5.74) is 1.24. The van der Waals surface area contributed by atoms with Crippen LogP contribution in [-0.2, 0) is 0 Å². The number of aromatic nitrogens is 1. The Balaban J connectivity index is 2.81. The molecule has 0 saturated heterocycles. The molecule has 3 nitrogen and oxygen atoms in total. The van der Waals surface area contributed by atoms with Crippen LogP contribution >= 0.6 is 0 Å². The molecule has 15 heavy (non-hydrogen) atoms. The number of rotatable bonds is 2. The van der Waals surface area contributed by atoms with Crippen LogP contribution in [0.25, 0.3) is 10.9 Å². The van der Waals surface area contributed by atoms with Crippen LogP contribution in [0.5, 0.6) is 0 Å². The van der Waals surface area contributed by atoms with E-state index in [1.165, 1.54) is 16.8 Å². The largest absolute Gasteiger partial charge is 0.298 e. The molecular weight excluding hydrogens is 190 g/mol. The molecule has 2 aromatic rings. The summed E-state index contributed by atoms with van der Waals surface area (Å²) in [7, 11) is 0. The normalized spacial score (nSPS) is 10.1. The van der Waals surface area contributed by atoms with Crippen LogP contribution < -0.4 is 0 Å². The van der Waals surface area contributed by atoms with E-state index in [0.29, 0.717) is 5.56 Å². The van der Waals surface area contributed by atoms with Gasteiger partial charge in [-0.1, -0.05) is 24.8 Å². The Morgan fingerprint density at radius 2 is 2.07 bits per heavy atom. The Kier molecular flexibility index (Phi) is 2.21. The molecule has 0 spiro atoms. The van der Waals surface area contributed by atoms with Crippen molar-refractivity contribution in [1.29, 1.82) is 0 Å². The first-order valence-electron chi connectivity index (χ1n) is 4.50. The summed E-state index contributed by atoms with van der Waals surface area (Å²) in [6, 6.07) is 7.26. The molecule has 0 N–H and O–H groups in total. The fraction of sp³-hybridized carbons (Fsp3) is 0. The molecule has 0 amide bonds. The van der Waals surface area contributed by atoms with Crippen LogP contribution in [-0.4, -0.2) is 16.8 Å². The summed E-state index contributed by atoms with van der Waals surface area (Å²) in [5.74, 6) is -0.237. The standard InChI is InChI=1S/C12H9NO2/c1-2-12(15)13-7-9(8-14)10-5-3-4-6-11(10)13/h2-8H,1H2. The summed E-state index contributed by atoms with van der Waals surface area (Å²) in [5, 5.41) is 0.780. The highest BCUT2D eigenvalue weighted by Gasteiger charge is 2.09. The van der Waals surface area contributed by atoms with Gasteiger partial charge in [0.1, 0.15) is 0 Å². The second-order valence-electron chi connectivity index (χ2n) is 3.13. The maximum atomic E-state index is 11.5. The van der Waals surface area contributed by atoms with Gasteiger partial charge < -0.3 is 0 Å². The number of allylic oxidation sites excluding steroid dienone is 1. The van der Waals surface area contributed by atoms with E-state index in [4.69, 9.17) is 0 Å². The van der Waals surface area contributed by atoms with Gasteiger partial charge in [-0.3, -0.25) is 14.2 Å². The molecular formula is C12H9NO2. The van der Waals surface area contributed by atoms with E-state index < -0.39 is 0 Å². The zero-order valence-corrected chi connectivity index (χ0v) is 8.01. The second-order valence-corrected chi connectivity index (χ2v) is 3.13. The predicted octanol–water partition coefficient (Wildman–Crippen LogP) is 2.28. The van der Waals surface area contributed by atoms with Crippen molar-refractivity contribution in [2.75, 3.05) is 0 Å². The highest BCUT2D eigenvalue weighted by Crippen LogP contribution is 2.19. The molecule has 3 heteroatoms. The first-order chi connectivity index (χ1) is 7.27. The molecule has 0 radical (unpaired) electrons. The number of carbonyl (C=O) groups is 2. The number of nitrogens with zero attached hydrogens (tertiary/aromatic N) is 1. The van der Waals surface area contributed by atoms with Crippen molar-refractivity contribution < 1.29 is 9.59 Å². The van der Waals surface area contributed by atoms with Crippen LogP contribution in [0.1, 0.15) is 15.2 Å². The second kappa shape index (κ2) is 3.53. The summed E-state index contributed by atoms with van der Waals surface area (Å²) in [6.45, 7) is 3.42. The minimum atomic E-state index is -0.237. The van der Waals surface area contributed by atoms with Gasteiger partial charge in [0.05, 0.1) is 5.52 Å². The highest BCUT2D eigenvalue weighted by atomic mass is 16.1. The van der Waals surface area contributed by atoms with Gasteiger partial charge in [-0.15, -0.1) is 0 Å². The van der Waals surface area contributed by atoms with Crippen LogP contribution in [0.15, 0.2) is 43.1 Å². The van der Waals surface area contributed by atoms with Gasteiger partial charge in [-0.25, -0.2) is 0 Å². The van der Waals surface area contributed by atoms with E-state index in [0.717, 1.165) is 17.2 Å². The Labute approximate surface area is 86.6 Å². The van der Waals surface area contributed by atoms with Gasteiger partial charge in [-0.2, -0.15) is 0 Å². The smallest absolute Gasteiger partial charge is 0.254 e. The predicted molar refractivity (Wildman–Crippen MR) is 58.1 cm³/mol. The summed E-state index contributed by atoms with van der Waals surface area (Å²) in [4.78, 5) is 22.3. The quantitative estimate of drug-likeness (QED) is 0.549. The van der Waals surface area contributed by atoms with Gasteiger partial charge in [0.2, 0.25) is 0 Å². The summed E-state index contributed by atoms with van der Waals surface area (Å²) < 4.78 is 1.42. The Bertz CT molecular complexity index is 552. The Morgan fingerprint density at radius 3 is 2.73 bits per heavy atom. The van der Waals surface area contributed by atoms with Crippen LogP contribution in [0, 0.1) is 0 Å². The molecule has 0 aliphatic heterocycles. The lowest BCUT2D eigenvalue weighted by Gasteiger charge is -1.97. The van der Waals surface area contributed by atoms with Crippen molar-refractivity contribution in [2.24, 2.45) is 0 Å². The average Bonchev–Trinajstić information content (AvgIpc) is 2.67. The molecule has 0 aliphatic carbocycles. The lowest BCUT2D eigenvalue weighted by atomic mass is 10.2. The van der Waals surface area contributed by atoms with E-state index in [2.05, 4.69) is 6.58 Å². The Morgan fingerprint density at radius 1 is 1.33 bits per heavy atom. The first kappa shape index (κ1) is 9.40. The molecule has 2 rings (SSSR count). The van der Waals surface area contributed by atoms with E-state index in [9.17, 15) is 9.59 Å². The molecule has 0 fully saturated rings. The number of aldehydes is 1.